The zero-order chi connectivity index (χ0) is 16.5. The van der Waals surface area contributed by atoms with Crippen LogP contribution in [-0.4, -0.2) is 14.3 Å². The molecule has 0 saturated carbocycles. The van der Waals surface area contributed by atoms with E-state index in [9.17, 15) is 17.6 Å². The third kappa shape index (κ3) is 3.70. The number of anilines is 1. The molecule has 0 aromatic heterocycles. The number of carbonyl (C=O) groups is 1. The normalized spacial score (nSPS) is 11.3. The second-order valence-electron chi connectivity index (χ2n) is 4.60. The second kappa shape index (κ2) is 6.15. The Kier molecular flexibility index (Phi) is 4.64. The largest absolute Gasteiger partial charge is 0.322 e. The minimum atomic E-state index is -3.91. The molecule has 8 heteroatoms. The first-order chi connectivity index (χ1) is 10.2. The van der Waals surface area contributed by atoms with E-state index in [-0.39, 0.29) is 10.5 Å². The average molecular weight is 387 g/mol. The number of aryl methyl sites for hydroxylation is 1. The van der Waals surface area contributed by atoms with Crippen LogP contribution in [-0.2, 0) is 10.0 Å². The second-order valence-corrected chi connectivity index (χ2v) is 7.02. The van der Waals surface area contributed by atoms with E-state index in [0.29, 0.717) is 15.7 Å². The van der Waals surface area contributed by atoms with Crippen LogP contribution in [0.3, 0.4) is 0 Å². The number of sulfonamides is 1. The SMILES string of the molecule is Cc1cc(F)ccc1NC(=O)c1cc(S(N)(=O)=O)ccc1Br. The molecule has 0 radical (unpaired) electrons. The highest BCUT2D eigenvalue weighted by Gasteiger charge is 2.16. The summed E-state index contributed by atoms with van der Waals surface area (Å²) in [6.07, 6.45) is 0. The Labute approximate surface area is 135 Å². The lowest BCUT2D eigenvalue weighted by Gasteiger charge is -2.10. The summed E-state index contributed by atoms with van der Waals surface area (Å²) in [7, 11) is -3.91. The third-order valence-electron chi connectivity index (χ3n) is 2.95. The maximum Gasteiger partial charge on any atom is 0.256 e. The van der Waals surface area contributed by atoms with Gasteiger partial charge in [-0.3, -0.25) is 4.79 Å². The molecule has 0 aliphatic rings. The Bertz CT molecular complexity index is 853. The van der Waals surface area contributed by atoms with Gasteiger partial charge in [0, 0.05) is 10.2 Å². The molecule has 0 fully saturated rings. The van der Waals surface area contributed by atoms with E-state index < -0.39 is 21.7 Å². The summed E-state index contributed by atoms with van der Waals surface area (Å²) in [6.45, 7) is 1.65. The fourth-order valence-electron chi connectivity index (χ4n) is 1.81. The number of amides is 1. The van der Waals surface area contributed by atoms with Gasteiger partial charge < -0.3 is 5.32 Å². The van der Waals surface area contributed by atoms with E-state index in [1.54, 1.807) is 6.92 Å². The van der Waals surface area contributed by atoms with Gasteiger partial charge in [0.15, 0.2) is 0 Å². The van der Waals surface area contributed by atoms with Crippen LogP contribution in [0.4, 0.5) is 10.1 Å². The lowest BCUT2D eigenvalue weighted by atomic mass is 10.1. The van der Waals surface area contributed by atoms with Crippen LogP contribution in [0.15, 0.2) is 45.8 Å². The quantitative estimate of drug-likeness (QED) is 0.849. The van der Waals surface area contributed by atoms with Gasteiger partial charge in [-0.05, 0) is 64.8 Å². The summed E-state index contributed by atoms with van der Waals surface area (Å²) < 4.78 is 36.2. The molecule has 1 amide bonds. The number of primary sulfonamides is 1. The van der Waals surface area contributed by atoms with Crippen molar-refractivity contribution in [1.29, 1.82) is 0 Å². The Morgan fingerprint density at radius 1 is 1.23 bits per heavy atom. The summed E-state index contributed by atoms with van der Waals surface area (Å²) >= 11 is 3.18. The van der Waals surface area contributed by atoms with Crippen molar-refractivity contribution in [3.63, 3.8) is 0 Å². The molecule has 116 valence electrons. The van der Waals surface area contributed by atoms with Gasteiger partial charge >= 0.3 is 0 Å². The van der Waals surface area contributed by atoms with E-state index in [0.717, 1.165) is 0 Å². The van der Waals surface area contributed by atoms with Crippen molar-refractivity contribution in [2.75, 3.05) is 5.32 Å². The van der Waals surface area contributed by atoms with Gasteiger partial charge in [0.2, 0.25) is 10.0 Å². The summed E-state index contributed by atoms with van der Waals surface area (Å²) in [5.74, 6) is -0.944. The highest BCUT2D eigenvalue weighted by atomic mass is 79.9. The molecule has 0 bridgehead atoms. The van der Waals surface area contributed by atoms with E-state index >= 15 is 0 Å². The molecular formula is C14H12BrFN2O3S. The minimum Gasteiger partial charge on any atom is -0.322 e. The van der Waals surface area contributed by atoms with Crippen LogP contribution in [0.1, 0.15) is 15.9 Å². The van der Waals surface area contributed by atoms with Crippen molar-refractivity contribution >= 4 is 37.5 Å². The highest BCUT2D eigenvalue weighted by molar-refractivity contribution is 9.10. The predicted octanol–water partition coefficient (Wildman–Crippen LogP) is 2.80. The van der Waals surface area contributed by atoms with Gasteiger partial charge in [0.1, 0.15) is 5.82 Å². The lowest BCUT2D eigenvalue weighted by molar-refractivity contribution is 0.102. The van der Waals surface area contributed by atoms with E-state index in [1.807, 2.05) is 0 Å². The zero-order valence-corrected chi connectivity index (χ0v) is 13.8. The summed E-state index contributed by atoms with van der Waals surface area (Å²) in [5, 5.41) is 7.65. The minimum absolute atomic E-state index is 0.107. The molecule has 22 heavy (non-hydrogen) atoms. The van der Waals surface area contributed by atoms with Gasteiger partial charge in [-0.15, -0.1) is 0 Å². The van der Waals surface area contributed by atoms with Crippen LogP contribution in [0.2, 0.25) is 0 Å². The molecule has 5 nitrogen and oxygen atoms in total. The summed E-state index contributed by atoms with van der Waals surface area (Å²) in [4.78, 5) is 12.1. The van der Waals surface area contributed by atoms with E-state index in [1.165, 1.54) is 36.4 Å². The maximum atomic E-state index is 13.1. The summed E-state index contributed by atoms with van der Waals surface area (Å²) in [5.41, 5.74) is 1.08. The van der Waals surface area contributed by atoms with E-state index in [4.69, 9.17) is 5.14 Å². The lowest BCUT2D eigenvalue weighted by Crippen LogP contribution is -2.16. The van der Waals surface area contributed by atoms with Crippen LogP contribution < -0.4 is 10.5 Å². The molecule has 0 heterocycles. The smallest absolute Gasteiger partial charge is 0.256 e. The first-order valence-corrected chi connectivity index (χ1v) is 8.42. The standard InChI is InChI=1S/C14H12BrFN2O3S/c1-8-6-9(16)2-5-13(8)18-14(19)11-7-10(22(17,20)21)3-4-12(11)15/h2-7H,1H3,(H,18,19)(H2,17,20,21). The third-order valence-corrected chi connectivity index (χ3v) is 4.55. The Morgan fingerprint density at radius 2 is 1.91 bits per heavy atom. The summed E-state index contributed by atoms with van der Waals surface area (Å²) in [6, 6.07) is 7.82. The molecule has 2 aromatic carbocycles. The fourth-order valence-corrected chi connectivity index (χ4v) is 2.78. The van der Waals surface area contributed by atoms with Crippen molar-refractivity contribution < 1.29 is 17.6 Å². The molecule has 3 N–H and O–H groups in total. The van der Waals surface area contributed by atoms with Crippen molar-refractivity contribution in [3.05, 3.63) is 57.8 Å². The Morgan fingerprint density at radius 3 is 2.50 bits per heavy atom. The molecule has 0 aliphatic carbocycles. The van der Waals surface area contributed by atoms with Gasteiger partial charge in [0.05, 0.1) is 10.5 Å². The van der Waals surface area contributed by atoms with Crippen LogP contribution in [0.25, 0.3) is 0 Å². The van der Waals surface area contributed by atoms with Crippen molar-refractivity contribution in [2.24, 2.45) is 5.14 Å². The van der Waals surface area contributed by atoms with Gasteiger partial charge in [-0.2, -0.15) is 0 Å². The van der Waals surface area contributed by atoms with Crippen molar-refractivity contribution in [3.8, 4) is 0 Å². The molecular weight excluding hydrogens is 375 g/mol. The van der Waals surface area contributed by atoms with Crippen molar-refractivity contribution in [2.45, 2.75) is 11.8 Å². The molecule has 0 spiro atoms. The van der Waals surface area contributed by atoms with E-state index in [2.05, 4.69) is 21.2 Å². The number of carbonyl (C=O) groups excluding carboxylic acids is 1. The number of nitrogens with one attached hydrogen (secondary N) is 1. The topological polar surface area (TPSA) is 89.3 Å². The molecule has 0 unspecified atom stereocenters. The number of benzene rings is 2. The number of hydrogen-bond donors (Lipinski definition) is 2. The molecule has 0 saturated heterocycles. The maximum absolute atomic E-state index is 13.1. The monoisotopic (exact) mass is 386 g/mol. The number of halogens is 2. The van der Waals surface area contributed by atoms with Crippen molar-refractivity contribution in [1.82, 2.24) is 0 Å². The molecule has 2 rings (SSSR count). The first-order valence-electron chi connectivity index (χ1n) is 6.08. The van der Waals surface area contributed by atoms with Crippen LogP contribution in [0.5, 0.6) is 0 Å². The Hall–Kier alpha value is -1.77. The zero-order valence-electron chi connectivity index (χ0n) is 11.4. The fraction of sp³-hybridized carbons (Fsp3) is 0.0714. The van der Waals surface area contributed by atoms with Gasteiger partial charge in [0.25, 0.3) is 5.91 Å². The average Bonchev–Trinajstić information content (AvgIpc) is 2.41. The van der Waals surface area contributed by atoms with Gasteiger partial charge in [-0.1, -0.05) is 0 Å². The number of rotatable bonds is 3. The molecule has 0 aliphatic heterocycles. The highest BCUT2D eigenvalue weighted by Crippen LogP contribution is 2.23. The predicted molar refractivity (Wildman–Crippen MR) is 84.6 cm³/mol. The van der Waals surface area contributed by atoms with Gasteiger partial charge in [-0.25, -0.2) is 17.9 Å². The number of nitrogens with two attached hydrogens (primary N) is 1. The first kappa shape index (κ1) is 16.6. The number of hydrogen-bond acceptors (Lipinski definition) is 3. The molecule has 2 aromatic rings. The van der Waals surface area contributed by atoms with Crippen LogP contribution >= 0.6 is 15.9 Å². The Balaban J connectivity index is 2.37. The molecule has 0 atom stereocenters. The van der Waals surface area contributed by atoms with Crippen LogP contribution in [0, 0.1) is 12.7 Å².